The van der Waals surface area contributed by atoms with Gasteiger partial charge in [-0.15, -0.1) is 0 Å². The Balaban J connectivity index is 3.40. The van der Waals surface area contributed by atoms with Crippen molar-refractivity contribution in [2.45, 2.75) is 24.0 Å². The SMILES string of the molecule is CC(C)S(=O)(=O)c1cc(F)ccc1N. The van der Waals surface area contributed by atoms with E-state index in [-0.39, 0.29) is 10.6 Å². The number of anilines is 1. The van der Waals surface area contributed by atoms with Gasteiger partial charge in [-0.1, -0.05) is 0 Å². The summed E-state index contributed by atoms with van der Waals surface area (Å²) in [5.74, 6) is -0.599. The molecule has 0 aliphatic carbocycles. The molecular formula is C9H12FNO2S. The van der Waals surface area contributed by atoms with Crippen molar-refractivity contribution in [3.63, 3.8) is 0 Å². The number of nitrogens with two attached hydrogens (primary N) is 1. The van der Waals surface area contributed by atoms with E-state index in [1.54, 1.807) is 0 Å². The third-order valence-corrected chi connectivity index (χ3v) is 4.11. The number of rotatable bonds is 2. The molecule has 0 atom stereocenters. The van der Waals surface area contributed by atoms with E-state index in [1.807, 2.05) is 0 Å². The normalized spacial score (nSPS) is 12.0. The van der Waals surface area contributed by atoms with Crippen molar-refractivity contribution >= 4 is 15.5 Å². The van der Waals surface area contributed by atoms with Crippen molar-refractivity contribution in [2.24, 2.45) is 0 Å². The maximum absolute atomic E-state index is 12.8. The van der Waals surface area contributed by atoms with Crippen LogP contribution in [0.2, 0.25) is 0 Å². The number of sulfone groups is 1. The Hall–Kier alpha value is -1.10. The van der Waals surface area contributed by atoms with Gasteiger partial charge < -0.3 is 5.73 Å². The number of hydrogen-bond acceptors (Lipinski definition) is 3. The molecular weight excluding hydrogens is 205 g/mol. The van der Waals surface area contributed by atoms with Crippen molar-refractivity contribution in [2.75, 3.05) is 5.73 Å². The molecule has 0 fully saturated rings. The lowest BCUT2D eigenvalue weighted by Gasteiger charge is -2.09. The van der Waals surface area contributed by atoms with Gasteiger partial charge in [0.2, 0.25) is 0 Å². The smallest absolute Gasteiger partial charge is 0.182 e. The molecule has 5 heteroatoms. The Morgan fingerprint density at radius 3 is 2.43 bits per heavy atom. The predicted octanol–water partition coefficient (Wildman–Crippen LogP) is 1.59. The van der Waals surface area contributed by atoms with Crippen LogP contribution in [0.3, 0.4) is 0 Å². The first kappa shape index (κ1) is 11.0. The Morgan fingerprint density at radius 1 is 1.36 bits per heavy atom. The highest BCUT2D eigenvalue weighted by atomic mass is 32.2. The molecule has 1 aromatic carbocycles. The highest BCUT2D eigenvalue weighted by Gasteiger charge is 2.22. The molecule has 0 saturated heterocycles. The number of benzene rings is 1. The van der Waals surface area contributed by atoms with Crippen molar-refractivity contribution in [1.82, 2.24) is 0 Å². The van der Waals surface area contributed by atoms with Gasteiger partial charge in [0.25, 0.3) is 0 Å². The summed E-state index contributed by atoms with van der Waals surface area (Å²) in [6.07, 6.45) is 0. The second-order valence-corrected chi connectivity index (χ2v) is 5.75. The van der Waals surface area contributed by atoms with E-state index in [9.17, 15) is 12.8 Å². The molecule has 0 aromatic heterocycles. The lowest BCUT2D eigenvalue weighted by atomic mass is 10.3. The molecule has 0 aliphatic rings. The third-order valence-electron chi connectivity index (χ3n) is 1.90. The summed E-state index contributed by atoms with van der Waals surface area (Å²) in [4.78, 5) is -0.132. The van der Waals surface area contributed by atoms with Gasteiger partial charge >= 0.3 is 0 Å². The van der Waals surface area contributed by atoms with E-state index in [0.717, 1.165) is 12.1 Å². The van der Waals surface area contributed by atoms with Gasteiger partial charge in [-0.3, -0.25) is 0 Å². The quantitative estimate of drug-likeness (QED) is 0.765. The molecule has 78 valence electrons. The van der Waals surface area contributed by atoms with Gasteiger partial charge in [0.15, 0.2) is 9.84 Å². The Labute approximate surface area is 82.7 Å². The van der Waals surface area contributed by atoms with Crippen LogP contribution in [-0.4, -0.2) is 13.7 Å². The zero-order valence-corrected chi connectivity index (χ0v) is 8.81. The summed E-state index contributed by atoms with van der Waals surface area (Å²) >= 11 is 0. The molecule has 1 rings (SSSR count). The number of halogens is 1. The molecule has 0 heterocycles. The van der Waals surface area contributed by atoms with Gasteiger partial charge in [0, 0.05) is 0 Å². The zero-order chi connectivity index (χ0) is 10.9. The van der Waals surface area contributed by atoms with Gasteiger partial charge in [-0.05, 0) is 32.0 Å². The van der Waals surface area contributed by atoms with Crippen LogP contribution in [0.15, 0.2) is 23.1 Å². The van der Waals surface area contributed by atoms with E-state index < -0.39 is 20.9 Å². The van der Waals surface area contributed by atoms with E-state index in [2.05, 4.69) is 0 Å². The largest absolute Gasteiger partial charge is 0.398 e. The summed E-state index contributed by atoms with van der Waals surface area (Å²) < 4.78 is 36.1. The second kappa shape index (κ2) is 3.57. The van der Waals surface area contributed by atoms with E-state index in [4.69, 9.17) is 5.73 Å². The van der Waals surface area contributed by atoms with Gasteiger partial charge in [0.1, 0.15) is 5.82 Å². The monoisotopic (exact) mass is 217 g/mol. The lowest BCUT2D eigenvalue weighted by molar-refractivity contribution is 0.583. The number of hydrogen-bond donors (Lipinski definition) is 1. The average Bonchev–Trinajstić information content (AvgIpc) is 2.08. The van der Waals surface area contributed by atoms with Crippen molar-refractivity contribution in [1.29, 1.82) is 0 Å². The van der Waals surface area contributed by atoms with Crippen molar-refractivity contribution in [3.8, 4) is 0 Å². The molecule has 0 radical (unpaired) electrons. The molecule has 2 N–H and O–H groups in total. The summed E-state index contributed by atoms with van der Waals surface area (Å²) in [6.45, 7) is 3.05. The van der Waals surface area contributed by atoms with Crippen LogP contribution in [0.5, 0.6) is 0 Å². The first-order valence-corrected chi connectivity index (χ1v) is 5.69. The molecule has 0 amide bonds. The fraction of sp³-hybridized carbons (Fsp3) is 0.333. The van der Waals surface area contributed by atoms with Gasteiger partial charge in [0.05, 0.1) is 15.8 Å². The van der Waals surface area contributed by atoms with Crippen LogP contribution in [0.25, 0.3) is 0 Å². The predicted molar refractivity (Wildman–Crippen MR) is 53.1 cm³/mol. The van der Waals surface area contributed by atoms with E-state index in [1.165, 1.54) is 19.9 Å². The first-order valence-electron chi connectivity index (χ1n) is 4.14. The molecule has 0 bridgehead atoms. The molecule has 0 saturated carbocycles. The third kappa shape index (κ3) is 1.87. The molecule has 1 aromatic rings. The number of nitrogen functional groups attached to an aromatic ring is 1. The standard InChI is InChI=1S/C9H12FNO2S/c1-6(2)14(12,13)9-5-7(10)3-4-8(9)11/h3-6H,11H2,1-2H3. The van der Waals surface area contributed by atoms with Gasteiger partial charge in [-0.2, -0.15) is 0 Å². The molecule has 3 nitrogen and oxygen atoms in total. The topological polar surface area (TPSA) is 60.2 Å². The van der Waals surface area contributed by atoms with Crippen LogP contribution in [-0.2, 0) is 9.84 Å². The summed E-state index contributed by atoms with van der Waals surface area (Å²) in [5.41, 5.74) is 5.55. The summed E-state index contributed by atoms with van der Waals surface area (Å²) in [7, 11) is -3.50. The maximum atomic E-state index is 12.8. The first-order chi connectivity index (χ1) is 6.35. The zero-order valence-electron chi connectivity index (χ0n) is 7.99. The van der Waals surface area contributed by atoms with E-state index in [0.29, 0.717) is 0 Å². The summed E-state index contributed by atoms with van der Waals surface area (Å²) in [5, 5.41) is -0.605. The van der Waals surface area contributed by atoms with Crippen LogP contribution in [0.4, 0.5) is 10.1 Å². The highest BCUT2D eigenvalue weighted by Crippen LogP contribution is 2.23. The van der Waals surface area contributed by atoms with Crippen LogP contribution < -0.4 is 5.73 Å². The van der Waals surface area contributed by atoms with Crippen molar-refractivity contribution in [3.05, 3.63) is 24.0 Å². The van der Waals surface area contributed by atoms with Gasteiger partial charge in [-0.25, -0.2) is 12.8 Å². The molecule has 14 heavy (non-hydrogen) atoms. The molecule has 0 spiro atoms. The molecule has 0 aliphatic heterocycles. The minimum atomic E-state index is -3.50. The lowest BCUT2D eigenvalue weighted by Crippen LogP contribution is -2.15. The van der Waals surface area contributed by atoms with Crippen LogP contribution >= 0.6 is 0 Å². The van der Waals surface area contributed by atoms with E-state index >= 15 is 0 Å². The Kier molecular flexibility index (Phi) is 2.80. The van der Waals surface area contributed by atoms with Crippen LogP contribution in [0, 0.1) is 5.82 Å². The average molecular weight is 217 g/mol. The Bertz CT molecular complexity index is 440. The molecule has 0 unspecified atom stereocenters. The van der Waals surface area contributed by atoms with Crippen LogP contribution in [0.1, 0.15) is 13.8 Å². The van der Waals surface area contributed by atoms with Crippen molar-refractivity contribution < 1.29 is 12.8 Å². The maximum Gasteiger partial charge on any atom is 0.182 e. The fourth-order valence-corrected chi connectivity index (χ4v) is 2.19. The highest BCUT2D eigenvalue weighted by molar-refractivity contribution is 7.92. The minimum Gasteiger partial charge on any atom is -0.398 e. The minimum absolute atomic E-state index is 0.0834. The summed E-state index contributed by atoms with van der Waals surface area (Å²) in [6, 6.07) is 3.34. The second-order valence-electron chi connectivity index (χ2n) is 3.28. The Morgan fingerprint density at radius 2 is 1.93 bits per heavy atom. The fourth-order valence-electron chi connectivity index (χ4n) is 1.01.